The maximum atomic E-state index is 12.2. The molecule has 0 aliphatic heterocycles. The Kier molecular flexibility index (Phi) is 4.98. The highest BCUT2D eigenvalue weighted by Gasteiger charge is 2.10. The van der Waals surface area contributed by atoms with Crippen molar-refractivity contribution in [2.45, 2.75) is 13.0 Å². The molecule has 0 radical (unpaired) electrons. The van der Waals surface area contributed by atoms with Gasteiger partial charge in [-0.15, -0.1) is 0 Å². The summed E-state index contributed by atoms with van der Waals surface area (Å²) in [7, 11) is 1.57. The fraction of sp³-hybridized carbons (Fsp3) is 0.188. The average Bonchev–Trinajstić information content (AvgIpc) is 2.47. The average molecular weight is 350 g/mol. The summed E-state index contributed by atoms with van der Waals surface area (Å²) in [6, 6.07) is 12.3. The number of benzene rings is 2. The summed E-state index contributed by atoms with van der Waals surface area (Å²) in [4.78, 5) is 12.2. The van der Waals surface area contributed by atoms with E-state index in [-0.39, 0.29) is 5.91 Å². The molecule has 1 unspecified atom stereocenters. The maximum Gasteiger partial charge on any atom is 0.255 e. The van der Waals surface area contributed by atoms with Crippen molar-refractivity contribution < 1.29 is 14.6 Å². The fourth-order valence-corrected chi connectivity index (χ4v) is 2.43. The van der Waals surface area contributed by atoms with Gasteiger partial charge in [0.15, 0.2) is 0 Å². The number of aliphatic hydroxyl groups excluding tert-OH is 1. The Bertz CT molecular complexity index is 656. The molecule has 2 rings (SSSR count). The third kappa shape index (κ3) is 3.83. The minimum atomic E-state index is -0.572. The number of halogens is 1. The summed E-state index contributed by atoms with van der Waals surface area (Å²) >= 11 is 3.35. The number of amides is 1. The zero-order chi connectivity index (χ0) is 15.4. The van der Waals surface area contributed by atoms with E-state index in [0.29, 0.717) is 17.0 Å². The number of methoxy groups -OCH3 is 1. The van der Waals surface area contributed by atoms with Gasteiger partial charge < -0.3 is 15.2 Å². The van der Waals surface area contributed by atoms with Gasteiger partial charge in [-0.25, -0.2) is 0 Å². The second-order valence-corrected chi connectivity index (χ2v) is 5.46. The summed E-state index contributed by atoms with van der Waals surface area (Å²) in [5.41, 5.74) is 1.92. The molecule has 0 fully saturated rings. The second-order valence-electron chi connectivity index (χ2n) is 4.60. The SMILES string of the molecule is COc1ccc(C(=O)Nc2cccc(C(C)O)c2)cc1Br. The van der Waals surface area contributed by atoms with Crippen LogP contribution >= 0.6 is 15.9 Å². The summed E-state index contributed by atoms with van der Waals surface area (Å²) in [5, 5.41) is 12.4. The fourth-order valence-electron chi connectivity index (χ4n) is 1.89. The predicted molar refractivity (Wildman–Crippen MR) is 85.7 cm³/mol. The lowest BCUT2D eigenvalue weighted by Gasteiger charge is -2.10. The Labute approximate surface area is 131 Å². The minimum absolute atomic E-state index is 0.221. The van der Waals surface area contributed by atoms with Gasteiger partial charge in [0.05, 0.1) is 17.7 Å². The van der Waals surface area contributed by atoms with Crippen molar-refractivity contribution in [3.63, 3.8) is 0 Å². The van der Waals surface area contributed by atoms with Gasteiger partial charge in [0, 0.05) is 11.3 Å². The van der Waals surface area contributed by atoms with E-state index in [1.165, 1.54) is 0 Å². The lowest BCUT2D eigenvalue weighted by atomic mass is 10.1. The molecule has 0 saturated heterocycles. The number of carbonyl (C=O) groups is 1. The summed E-state index contributed by atoms with van der Waals surface area (Å²) in [6.07, 6.45) is -0.572. The highest BCUT2D eigenvalue weighted by atomic mass is 79.9. The molecular weight excluding hydrogens is 334 g/mol. The van der Waals surface area contributed by atoms with E-state index in [1.807, 2.05) is 6.07 Å². The molecule has 1 atom stereocenters. The van der Waals surface area contributed by atoms with Crippen molar-refractivity contribution in [2.24, 2.45) is 0 Å². The molecule has 0 heterocycles. The van der Waals surface area contributed by atoms with E-state index in [9.17, 15) is 9.90 Å². The molecule has 2 aromatic carbocycles. The normalized spacial score (nSPS) is 11.8. The molecule has 2 N–H and O–H groups in total. The first-order valence-corrected chi connectivity index (χ1v) is 7.23. The number of hydrogen-bond acceptors (Lipinski definition) is 3. The predicted octanol–water partition coefficient (Wildman–Crippen LogP) is 3.76. The summed E-state index contributed by atoms with van der Waals surface area (Å²) in [6.45, 7) is 1.68. The first kappa shape index (κ1) is 15.5. The number of rotatable bonds is 4. The molecule has 0 saturated carbocycles. The van der Waals surface area contributed by atoms with E-state index >= 15 is 0 Å². The Hall–Kier alpha value is -1.85. The van der Waals surface area contributed by atoms with Crippen LogP contribution in [0.25, 0.3) is 0 Å². The van der Waals surface area contributed by atoms with Crippen molar-refractivity contribution >= 4 is 27.5 Å². The third-order valence-corrected chi connectivity index (χ3v) is 3.66. The number of aliphatic hydroxyl groups is 1. The van der Waals surface area contributed by atoms with Crippen molar-refractivity contribution in [2.75, 3.05) is 12.4 Å². The van der Waals surface area contributed by atoms with E-state index in [4.69, 9.17) is 4.74 Å². The largest absolute Gasteiger partial charge is 0.496 e. The van der Waals surface area contributed by atoms with Gasteiger partial charge in [-0.3, -0.25) is 4.79 Å². The molecule has 21 heavy (non-hydrogen) atoms. The highest BCUT2D eigenvalue weighted by Crippen LogP contribution is 2.26. The lowest BCUT2D eigenvalue weighted by molar-refractivity contribution is 0.102. The van der Waals surface area contributed by atoms with Gasteiger partial charge in [0.2, 0.25) is 0 Å². The van der Waals surface area contributed by atoms with Crippen LogP contribution < -0.4 is 10.1 Å². The van der Waals surface area contributed by atoms with E-state index in [0.717, 1.165) is 10.0 Å². The van der Waals surface area contributed by atoms with Crippen molar-refractivity contribution in [3.8, 4) is 5.75 Å². The molecule has 0 aliphatic rings. The van der Waals surface area contributed by atoms with Gasteiger partial charge in [0.1, 0.15) is 5.75 Å². The quantitative estimate of drug-likeness (QED) is 0.883. The standard InChI is InChI=1S/C16H16BrNO3/c1-10(19)11-4-3-5-13(8-11)18-16(20)12-6-7-15(21-2)14(17)9-12/h3-10,19H,1-2H3,(H,18,20). The van der Waals surface area contributed by atoms with Gasteiger partial charge in [0.25, 0.3) is 5.91 Å². The van der Waals surface area contributed by atoms with E-state index in [1.54, 1.807) is 50.4 Å². The second kappa shape index (κ2) is 6.74. The Balaban J connectivity index is 2.18. The van der Waals surface area contributed by atoms with Crippen LogP contribution in [0.15, 0.2) is 46.9 Å². The smallest absolute Gasteiger partial charge is 0.255 e. The monoisotopic (exact) mass is 349 g/mol. The summed E-state index contributed by atoms with van der Waals surface area (Å²) in [5.74, 6) is 0.448. The molecule has 5 heteroatoms. The number of nitrogens with one attached hydrogen (secondary N) is 1. The number of ether oxygens (including phenoxy) is 1. The van der Waals surface area contributed by atoms with Crippen LogP contribution in [0.4, 0.5) is 5.69 Å². The van der Waals surface area contributed by atoms with E-state index < -0.39 is 6.10 Å². The van der Waals surface area contributed by atoms with Crippen LogP contribution in [0.3, 0.4) is 0 Å². The molecule has 2 aromatic rings. The first-order chi connectivity index (χ1) is 10.0. The van der Waals surface area contributed by atoms with Gasteiger partial charge in [-0.2, -0.15) is 0 Å². The molecular formula is C16H16BrNO3. The van der Waals surface area contributed by atoms with Crippen molar-refractivity contribution in [1.82, 2.24) is 0 Å². The molecule has 4 nitrogen and oxygen atoms in total. The maximum absolute atomic E-state index is 12.2. The zero-order valence-electron chi connectivity index (χ0n) is 11.8. The molecule has 0 aliphatic carbocycles. The zero-order valence-corrected chi connectivity index (χ0v) is 13.3. The van der Waals surface area contributed by atoms with E-state index in [2.05, 4.69) is 21.2 Å². The van der Waals surface area contributed by atoms with Crippen LogP contribution in [0.5, 0.6) is 5.75 Å². The van der Waals surface area contributed by atoms with Gasteiger partial charge >= 0.3 is 0 Å². The Morgan fingerprint density at radius 2 is 2.05 bits per heavy atom. The van der Waals surface area contributed by atoms with Crippen molar-refractivity contribution in [3.05, 3.63) is 58.1 Å². The van der Waals surface area contributed by atoms with Crippen LogP contribution in [0, 0.1) is 0 Å². The van der Waals surface area contributed by atoms with Crippen molar-refractivity contribution in [1.29, 1.82) is 0 Å². The van der Waals surface area contributed by atoms with Crippen LogP contribution in [-0.4, -0.2) is 18.1 Å². The van der Waals surface area contributed by atoms with Crippen LogP contribution in [0.1, 0.15) is 28.9 Å². The first-order valence-electron chi connectivity index (χ1n) is 6.44. The highest BCUT2D eigenvalue weighted by molar-refractivity contribution is 9.10. The molecule has 1 amide bonds. The van der Waals surface area contributed by atoms with Gasteiger partial charge in [-0.1, -0.05) is 12.1 Å². The molecule has 0 bridgehead atoms. The number of hydrogen-bond donors (Lipinski definition) is 2. The molecule has 110 valence electrons. The van der Waals surface area contributed by atoms with Crippen LogP contribution in [-0.2, 0) is 0 Å². The molecule has 0 aromatic heterocycles. The minimum Gasteiger partial charge on any atom is -0.496 e. The molecule has 0 spiro atoms. The Morgan fingerprint density at radius 1 is 1.29 bits per heavy atom. The van der Waals surface area contributed by atoms with Crippen LogP contribution in [0.2, 0.25) is 0 Å². The van der Waals surface area contributed by atoms with Gasteiger partial charge in [-0.05, 0) is 58.7 Å². The topological polar surface area (TPSA) is 58.6 Å². The Morgan fingerprint density at radius 3 is 2.67 bits per heavy atom. The number of anilines is 1. The summed E-state index contributed by atoms with van der Waals surface area (Å²) < 4.78 is 5.85. The lowest BCUT2D eigenvalue weighted by Crippen LogP contribution is -2.12. The number of carbonyl (C=O) groups excluding carboxylic acids is 1. The third-order valence-electron chi connectivity index (χ3n) is 3.04.